The van der Waals surface area contributed by atoms with E-state index in [9.17, 15) is 9.90 Å². The monoisotopic (exact) mass is 337 g/mol. The van der Waals surface area contributed by atoms with E-state index in [4.69, 9.17) is 17.0 Å². The third kappa shape index (κ3) is 3.23. The molecule has 0 bridgehead atoms. The second-order valence-electron chi connectivity index (χ2n) is 4.85. The van der Waals surface area contributed by atoms with E-state index >= 15 is 0 Å². The van der Waals surface area contributed by atoms with Gasteiger partial charge in [-0.3, -0.25) is 4.79 Å². The lowest BCUT2D eigenvalue weighted by molar-refractivity contribution is 0.0702. The normalized spacial score (nSPS) is 15.2. The summed E-state index contributed by atoms with van der Waals surface area (Å²) < 4.78 is 7.29. The van der Waals surface area contributed by atoms with Gasteiger partial charge in [-0.1, -0.05) is 24.0 Å². The Morgan fingerprint density at radius 1 is 1.41 bits per heavy atom. The van der Waals surface area contributed by atoms with Crippen molar-refractivity contribution in [3.05, 3.63) is 24.4 Å². The van der Waals surface area contributed by atoms with Crippen molar-refractivity contribution in [2.75, 3.05) is 32.1 Å². The van der Waals surface area contributed by atoms with Gasteiger partial charge in [0.25, 0.3) is 5.91 Å². The van der Waals surface area contributed by atoms with E-state index in [0.717, 1.165) is 18.5 Å². The number of phenols is 1. The fourth-order valence-corrected chi connectivity index (χ4v) is 3.32. The lowest BCUT2D eigenvalue weighted by Crippen LogP contribution is -2.38. The Morgan fingerprint density at radius 3 is 2.95 bits per heavy atom. The zero-order valence-corrected chi connectivity index (χ0v) is 13.4. The van der Waals surface area contributed by atoms with Crippen LogP contribution in [0.5, 0.6) is 5.75 Å². The van der Waals surface area contributed by atoms with E-state index in [1.165, 1.54) is 22.5 Å². The molecule has 3 rings (SSSR count). The van der Waals surface area contributed by atoms with Crippen molar-refractivity contribution >= 4 is 45.1 Å². The van der Waals surface area contributed by atoms with E-state index in [2.05, 4.69) is 5.10 Å². The first-order chi connectivity index (χ1) is 10.6. The number of thiocarbonyl (C=S) groups is 1. The summed E-state index contributed by atoms with van der Waals surface area (Å²) in [6, 6.07) is 4.83. The summed E-state index contributed by atoms with van der Waals surface area (Å²) in [7, 11) is 0. The van der Waals surface area contributed by atoms with Gasteiger partial charge in [0.05, 0.1) is 30.7 Å². The summed E-state index contributed by atoms with van der Waals surface area (Å²) in [4.78, 5) is 14.4. The first-order valence-electron chi connectivity index (χ1n) is 6.84. The lowest BCUT2D eigenvalue weighted by Gasteiger charge is -2.28. The fourth-order valence-electron chi connectivity index (χ4n) is 2.23. The van der Waals surface area contributed by atoms with Crippen LogP contribution in [-0.2, 0) is 4.74 Å². The minimum atomic E-state index is -0.166. The van der Waals surface area contributed by atoms with Crippen LogP contribution >= 0.6 is 24.0 Å². The summed E-state index contributed by atoms with van der Waals surface area (Å²) >= 11 is 6.68. The van der Waals surface area contributed by atoms with Crippen LogP contribution in [0.3, 0.4) is 0 Å². The van der Waals surface area contributed by atoms with E-state index in [-0.39, 0.29) is 17.4 Å². The largest absolute Gasteiger partial charge is 0.508 e. The quantitative estimate of drug-likeness (QED) is 0.837. The molecular weight excluding hydrogens is 322 g/mol. The number of ether oxygens (including phenoxy) is 1. The van der Waals surface area contributed by atoms with E-state index < -0.39 is 0 Å². The molecule has 0 unspecified atom stereocenters. The van der Waals surface area contributed by atoms with Gasteiger partial charge < -0.3 is 14.7 Å². The van der Waals surface area contributed by atoms with Crippen molar-refractivity contribution < 1.29 is 14.6 Å². The van der Waals surface area contributed by atoms with Crippen LogP contribution in [0.25, 0.3) is 10.9 Å². The molecule has 2 aromatic rings. The van der Waals surface area contributed by atoms with Crippen LogP contribution in [0.4, 0.5) is 0 Å². The van der Waals surface area contributed by atoms with Gasteiger partial charge in [-0.25, -0.2) is 0 Å². The third-order valence-electron chi connectivity index (χ3n) is 3.38. The van der Waals surface area contributed by atoms with Crippen LogP contribution in [0.2, 0.25) is 0 Å². The standard InChI is InChI=1S/C14H15N3O3S2/c18-11-2-1-10-8-15-17(12(10)7-11)13(19)9-22-14(21)16-3-5-20-6-4-16/h1-2,7-8,18H,3-6,9H2. The molecule has 0 saturated carbocycles. The van der Waals surface area contributed by atoms with Gasteiger partial charge >= 0.3 is 0 Å². The molecule has 1 aromatic heterocycles. The number of hydrogen-bond donors (Lipinski definition) is 1. The number of benzene rings is 1. The molecule has 1 saturated heterocycles. The highest BCUT2D eigenvalue weighted by atomic mass is 32.2. The highest BCUT2D eigenvalue weighted by Crippen LogP contribution is 2.20. The summed E-state index contributed by atoms with van der Waals surface area (Å²) in [5, 5.41) is 14.5. The van der Waals surface area contributed by atoms with Gasteiger partial charge in [-0.15, -0.1) is 0 Å². The zero-order chi connectivity index (χ0) is 15.5. The zero-order valence-electron chi connectivity index (χ0n) is 11.8. The van der Waals surface area contributed by atoms with Crippen molar-refractivity contribution in [1.82, 2.24) is 14.7 Å². The van der Waals surface area contributed by atoms with Gasteiger partial charge in [0.15, 0.2) is 0 Å². The number of aromatic nitrogens is 2. The van der Waals surface area contributed by atoms with Gasteiger partial charge in [-0.05, 0) is 12.1 Å². The Morgan fingerprint density at radius 2 is 2.18 bits per heavy atom. The topological polar surface area (TPSA) is 67.6 Å². The molecule has 2 heterocycles. The molecule has 1 aliphatic heterocycles. The van der Waals surface area contributed by atoms with Gasteiger partial charge in [0.2, 0.25) is 0 Å². The Labute approximate surface area is 137 Å². The molecule has 1 aliphatic rings. The third-order valence-corrected chi connectivity index (χ3v) is 4.89. The Bertz CT molecular complexity index is 710. The Kier molecular flexibility index (Phi) is 4.60. The number of carbonyl (C=O) groups is 1. The maximum Gasteiger partial charge on any atom is 0.257 e. The number of phenolic OH excluding ortho intramolecular Hbond substituents is 1. The molecule has 1 N–H and O–H groups in total. The second-order valence-corrected chi connectivity index (χ2v) is 6.46. The molecule has 1 fully saturated rings. The molecule has 22 heavy (non-hydrogen) atoms. The molecule has 0 aliphatic carbocycles. The van der Waals surface area contributed by atoms with Crippen LogP contribution in [0.15, 0.2) is 24.4 Å². The average Bonchev–Trinajstić information content (AvgIpc) is 2.96. The predicted molar refractivity (Wildman–Crippen MR) is 89.5 cm³/mol. The number of rotatable bonds is 2. The first kappa shape index (κ1) is 15.3. The molecule has 0 amide bonds. The highest BCUT2D eigenvalue weighted by Gasteiger charge is 2.17. The minimum Gasteiger partial charge on any atom is -0.508 e. The lowest BCUT2D eigenvalue weighted by atomic mass is 10.2. The minimum absolute atomic E-state index is 0.110. The van der Waals surface area contributed by atoms with Crippen molar-refractivity contribution in [3.63, 3.8) is 0 Å². The summed E-state index contributed by atoms with van der Waals surface area (Å²) in [6.45, 7) is 2.85. The van der Waals surface area contributed by atoms with Crippen LogP contribution in [-0.4, -0.2) is 62.1 Å². The van der Waals surface area contributed by atoms with Gasteiger partial charge in [0, 0.05) is 24.5 Å². The van der Waals surface area contributed by atoms with Gasteiger partial charge in [0.1, 0.15) is 10.1 Å². The summed E-state index contributed by atoms with van der Waals surface area (Å²) in [6.07, 6.45) is 1.61. The predicted octanol–water partition coefficient (Wildman–Crippen LogP) is 1.73. The highest BCUT2D eigenvalue weighted by molar-refractivity contribution is 8.23. The Balaban J connectivity index is 1.66. The van der Waals surface area contributed by atoms with Crippen molar-refractivity contribution in [2.45, 2.75) is 0 Å². The smallest absolute Gasteiger partial charge is 0.257 e. The number of thioether (sulfide) groups is 1. The van der Waals surface area contributed by atoms with E-state index in [0.29, 0.717) is 23.1 Å². The molecule has 6 nitrogen and oxygen atoms in total. The maximum absolute atomic E-state index is 12.3. The van der Waals surface area contributed by atoms with Crippen LogP contribution in [0.1, 0.15) is 4.79 Å². The molecule has 1 aromatic carbocycles. The summed E-state index contributed by atoms with van der Waals surface area (Å²) in [5.74, 6) is 0.155. The SMILES string of the molecule is O=C(CSC(=S)N1CCOCC1)n1ncc2ccc(O)cc21. The maximum atomic E-state index is 12.3. The number of fused-ring (bicyclic) bond motifs is 1. The second kappa shape index (κ2) is 6.64. The molecule has 0 spiro atoms. The first-order valence-corrected chi connectivity index (χ1v) is 8.24. The number of aromatic hydroxyl groups is 1. The molecule has 116 valence electrons. The van der Waals surface area contributed by atoms with Crippen molar-refractivity contribution in [2.24, 2.45) is 0 Å². The van der Waals surface area contributed by atoms with E-state index in [1.807, 2.05) is 4.90 Å². The molecule has 8 heteroatoms. The van der Waals surface area contributed by atoms with Crippen LogP contribution < -0.4 is 0 Å². The number of carbonyl (C=O) groups excluding carboxylic acids is 1. The number of morpholine rings is 1. The van der Waals surface area contributed by atoms with Crippen molar-refractivity contribution in [1.29, 1.82) is 0 Å². The van der Waals surface area contributed by atoms with E-state index in [1.54, 1.807) is 18.3 Å². The fraction of sp³-hybridized carbons (Fsp3) is 0.357. The molecular formula is C14H15N3O3S2. The molecule has 0 radical (unpaired) electrons. The van der Waals surface area contributed by atoms with Gasteiger partial charge in [-0.2, -0.15) is 9.78 Å². The Hall–Kier alpha value is -1.64. The number of nitrogens with zero attached hydrogens (tertiary/aromatic N) is 3. The average molecular weight is 337 g/mol. The molecule has 0 atom stereocenters. The van der Waals surface area contributed by atoms with Crippen molar-refractivity contribution in [3.8, 4) is 5.75 Å². The summed E-state index contributed by atoms with van der Waals surface area (Å²) in [5.41, 5.74) is 0.600. The number of hydrogen-bond acceptors (Lipinski definition) is 6. The van der Waals surface area contributed by atoms with Crippen LogP contribution in [0, 0.1) is 0 Å².